The summed E-state index contributed by atoms with van der Waals surface area (Å²) in [7, 11) is 0. The molecule has 0 radical (unpaired) electrons. The van der Waals surface area contributed by atoms with E-state index in [0.717, 1.165) is 29.4 Å². The summed E-state index contributed by atoms with van der Waals surface area (Å²) in [5.74, 6) is 0.194. The van der Waals surface area contributed by atoms with Crippen LogP contribution in [0.1, 0.15) is 39.2 Å². The first kappa shape index (κ1) is 14.3. The van der Waals surface area contributed by atoms with Crippen molar-refractivity contribution in [2.45, 2.75) is 39.0 Å². The molecule has 21 heavy (non-hydrogen) atoms. The average Bonchev–Trinajstić information content (AvgIpc) is 3.06. The normalized spacial score (nSPS) is 15.8. The van der Waals surface area contributed by atoms with Gasteiger partial charge in [-0.25, -0.2) is 4.98 Å². The van der Waals surface area contributed by atoms with Crippen molar-refractivity contribution in [2.24, 2.45) is 0 Å². The van der Waals surface area contributed by atoms with Crippen LogP contribution in [0.25, 0.3) is 11.3 Å². The van der Waals surface area contributed by atoms with E-state index in [-0.39, 0.29) is 11.3 Å². The van der Waals surface area contributed by atoms with Gasteiger partial charge in [0.2, 0.25) is 5.91 Å². The Morgan fingerprint density at radius 3 is 2.48 bits per heavy atom. The number of nitrogens with zero attached hydrogens (tertiary/aromatic N) is 2. The summed E-state index contributed by atoms with van der Waals surface area (Å²) in [6.07, 6.45) is 1.59. The molecule has 0 spiro atoms. The third-order valence-electron chi connectivity index (χ3n) is 3.84. The zero-order valence-corrected chi connectivity index (χ0v) is 13.5. The summed E-state index contributed by atoms with van der Waals surface area (Å²) < 4.78 is 0. The van der Waals surface area contributed by atoms with Crippen molar-refractivity contribution in [2.75, 3.05) is 11.4 Å². The van der Waals surface area contributed by atoms with Crippen molar-refractivity contribution in [3.8, 4) is 11.3 Å². The molecule has 1 amide bonds. The molecule has 1 saturated heterocycles. The molecule has 2 heterocycles. The van der Waals surface area contributed by atoms with E-state index in [2.05, 4.69) is 50.0 Å². The number of rotatable bonds is 2. The molecule has 110 valence electrons. The number of benzene rings is 1. The van der Waals surface area contributed by atoms with Crippen LogP contribution in [0.2, 0.25) is 0 Å². The zero-order valence-electron chi connectivity index (χ0n) is 12.7. The fourth-order valence-corrected chi connectivity index (χ4v) is 3.39. The maximum Gasteiger partial charge on any atom is 0.228 e. The van der Waals surface area contributed by atoms with Crippen LogP contribution in [0.4, 0.5) is 5.13 Å². The summed E-state index contributed by atoms with van der Waals surface area (Å²) in [4.78, 5) is 18.2. The van der Waals surface area contributed by atoms with Gasteiger partial charge in [-0.05, 0) is 17.4 Å². The lowest BCUT2D eigenvalue weighted by atomic mass is 9.86. The van der Waals surface area contributed by atoms with E-state index >= 15 is 0 Å². The van der Waals surface area contributed by atoms with Crippen molar-refractivity contribution in [1.29, 1.82) is 0 Å². The Balaban J connectivity index is 1.85. The van der Waals surface area contributed by atoms with Crippen LogP contribution in [-0.2, 0) is 10.2 Å². The van der Waals surface area contributed by atoms with Crippen molar-refractivity contribution in [1.82, 2.24) is 4.98 Å². The SMILES string of the molecule is CC(C)(C)c1ccc(-c2csc(N3CCCC3=O)n2)cc1. The highest BCUT2D eigenvalue weighted by atomic mass is 32.1. The molecular formula is C17H20N2OS. The van der Waals surface area contributed by atoms with Gasteiger partial charge in [0.25, 0.3) is 0 Å². The van der Waals surface area contributed by atoms with Gasteiger partial charge in [0.05, 0.1) is 5.69 Å². The highest BCUT2D eigenvalue weighted by molar-refractivity contribution is 7.14. The number of anilines is 1. The lowest BCUT2D eigenvalue weighted by Crippen LogP contribution is -2.23. The molecular weight excluding hydrogens is 280 g/mol. The van der Waals surface area contributed by atoms with Crippen LogP contribution in [0.5, 0.6) is 0 Å². The van der Waals surface area contributed by atoms with Gasteiger partial charge in [0.1, 0.15) is 0 Å². The number of hydrogen-bond acceptors (Lipinski definition) is 3. The molecule has 1 aliphatic heterocycles. The minimum Gasteiger partial charge on any atom is -0.288 e. The predicted octanol–water partition coefficient (Wildman–Crippen LogP) is 4.23. The van der Waals surface area contributed by atoms with Crippen LogP contribution in [0.3, 0.4) is 0 Å². The molecule has 3 nitrogen and oxygen atoms in total. The molecule has 1 aromatic heterocycles. The van der Waals surface area contributed by atoms with E-state index in [1.165, 1.54) is 5.56 Å². The quantitative estimate of drug-likeness (QED) is 0.831. The molecule has 0 unspecified atom stereocenters. The molecule has 1 aromatic carbocycles. The van der Waals surface area contributed by atoms with E-state index in [0.29, 0.717) is 6.42 Å². The lowest BCUT2D eigenvalue weighted by Gasteiger charge is -2.18. The maximum atomic E-state index is 11.8. The second-order valence-electron chi connectivity index (χ2n) is 6.49. The third kappa shape index (κ3) is 2.86. The largest absolute Gasteiger partial charge is 0.288 e. The molecule has 1 aliphatic rings. The molecule has 0 saturated carbocycles. The Hall–Kier alpha value is -1.68. The molecule has 0 N–H and O–H groups in total. The smallest absolute Gasteiger partial charge is 0.228 e. The lowest BCUT2D eigenvalue weighted by molar-refractivity contribution is -0.117. The average molecular weight is 300 g/mol. The van der Waals surface area contributed by atoms with Crippen LogP contribution >= 0.6 is 11.3 Å². The van der Waals surface area contributed by atoms with Gasteiger partial charge in [-0.1, -0.05) is 45.0 Å². The number of carbonyl (C=O) groups excluding carboxylic acids is 1. The monoisotopic (exact) mass is 300 g/mol. The van der Waals surface area contributed by atoms with Gasteiger partial charge in [0.15, 0.2) is 5.13 Å². The number of aromatic nitrogens is 1. The maximum absolute atomic E-state index is 11.8. The van der Waals surface area contributed by atoms with Gasteiger partial charge in [-0.15, -0.1) is 11.3 Å². The third-order valence-corrected chi connectivity index (χ3v) is 4.71. The van der Waals surface area contributed by atoms with Crippen LogP contribution < -0.4 is 4.90 Å². The highest BCUT2D eigenvalue weighted by Crippen LogP contribution is 2.31. The molecule has 4 heteroatoms. The van der Waals surface area contributed by atoms with Crippen molar-refractivity contribution in [3.63, 3.8) is 0 Å². The highest BCUT2D eigenvalue weighted by Gasteiger charge is 2.24. The van der Waals surface area contributed by atoms with Gasteiger partial charge in [-0.2, -0.15) is 0 Å². The Morgan fingerprint density at radius 2 is 1.90 bits per heavy atom. The summed E-state index contributed by atoms with van der Waals surface area (Å²) in [6, 6.07) is 8.56. The van der Waals surface area contributed by atoms with E-state index in [9.17, 15) is 4.79 Å². The predicted molar refractivity (Wildman–Crippen MR) is 87.8 cm³/mol. The van der Waals surface area contributed by atoms with Gasteiger partial charge in [0, 0.05) is 23.9 Å². The molecule has 0 bridgehead atoms. The summed E-state index contributed by atoms with van der Waals surface area (Å²) in [6.45, 7) is 7.43. The number of thiazole rings is 1. The van der Waals surface area contributed by atoms with Crippen LogP contribution in [0.15, 0.2) is 29.6 Å². The molecule has 0 aliphatic carbocycles. The number of hydrogen-bond donors (Lipinski definition) is 0. The molecule has 0 atom stereocenters. The van der Waals surface area contributed by atoms with E-state index in [1.807, 2.05) is 5.38 Å². The second kappa shape index (κ2) is 5.26. The van der Waals surface area contributed by atoms with Crippen LogP contribution in [0, 0.1) is 0 Å². The first-order valence-electron chi connectivity index (χ1n) is 7.32. The first-order chi connectivity index (χ1) is 9.95. The Kier molecular flexibility index (Phi) is 3.57. The summed E-state index contributed by atoms with van der Waals surface area (Å²) in [5, 5.41) is 2.86. The Morgan fingerprint density at radius 1 is 1.19 bits per heavy atom. The fourth-order valence-electron chi connectivity index (χ4n) is 2.51. The Labute approximate surface area is 129 Å². The summed E-state index contributed by atoms with van der Waals surface area (Å²) in [5.41, 5.74) is 3.54. The molecule has 2 aromatic rings. The number of amides is 1. The standard InChI is InChI=1S/C17H20N2OS/c1-17(2,3)13-8-6-12(7-9-13)14-11-21-16(18-14)19-10-4-5-15(19)20/h6-9,11H,4-5,10H2,1-3H3. The van der Waals surface area contributed by atoms with Gasteiger partial charge in [-0.3, -0.25) is 9.69 Å². The zero-order chi connectivity index (χ0) is 15.0. The van der Waals surface area contributed by atoms with E-state index in [4.69, 9.17) is 0 Å². The summed E-state index contributed by atoms with van der Waals surface area (Å²) >= 11 is 1.55. The second-order valence-corrected chi connectivity index (χ2v) is 7.33. The van der Waals surface area contributed by atoms with Gasteiger partial charge < -0.3 is 0 Å². The molecule has 3 rings (SSSR count). The minimum absolute atomic E-state index is 0.160. The van der Waals surface area contributed by atoms with Crippen LogP contribution in [-0.4, -0.2) is 17.4 Å². The van der Waals surface area contributed by atoms with Crippen molar-refractivity contribution >= 4 is 22.4 Å². The van der Waals surface area contributed by atoms with Crippen molar-refractivity contribution < 1.29 is 4.79 Å². The first-order valence-corrected chi connectivity index (χ1v) is 8.20. The fraction of sp³-hybridized carbons (Fsp3) is 0.412. The van der Waals surface area contributed by atoms with E-state index in [1.54, 1.807) is 16.2 Å². The van der Waals surface area contributed by atoms with Crippen molar-refractivity contribution in [3.05, 3.63) is 35.2 Å². The van der Waals surface area contributed by atoms with Gasteiger partial charge >= 0.3 is 0 Å². The molecule has 1 fully saturated rings. The minimum atomic E-state index is 0.160. The topological polar surface area (TPSA) is 33.2 Å². The van der Waals surface area contributed by atoms with E-state index < -0.39 is 0 Å². The number of carbonyl (C=O) groups is 1. The Bertz CT molecular complexity index is 652.